The van der Waals surface area contributed by atoms with Gasteiger partial charge in [-0.3, -0.25) is 4.79 Å². The van der Waals surface area contributed by atoms with Gasteiger partial charge in [0.2, 0.25) is 5.75 Å². The molecule has 0 spiro atoms. The number of hydrogen-bond donors (Lipinski definition) is 0. The largest absolute Gasteiger partial charge is 0.496 e. The van der Waals surface area contributed by atoms with Crippen molar-refractivity contribution in [3.8, 4) is 23.0 Å². The molecule has 28 heavy (non-hydrogen) atoms. The first-order chi connectivity index (χ1) is 13.4. The zero-order valence-electron chi connectivity index (χ0n) is 16.9. The van der Waals surface area contributed by atoms with Crippen LogP contribution in [0.4, 0.5) is 4.79 Å². The molecule has 7 heteroatoms. The number of carbonyl (C=O) groups excluding carboxylic acids is 1. The molecule has 0 aliphatic rings. The summed E-state index contributed by atoms with van der Waals surface area (Å²) >= 11 is 1.13. The van der Waals surface area contributed by atoms with E-state index < -0.39 is 0 Å². The molecule has 0 fully saturated rings. The topological polar surface area (TPSA) is 57.2 Å². The second kappa shape index (κ2) is 9.94. The predicted octanol–water partition coefficient (Wildman–Crippen LogP) is 4.67. The molecule has 0 saturated heterocycles. The Morgan fingerprint density at radius 3 is 2.00 bits per heavy atom. The fourth-order valence-corrected chi connectivity index (χ4v) is 3.36. The monoisotopic (exact) mass is 403 g/mol. The van der Waals surface area contributed by atoms with E-state index >= 15 is 0 Å². The minimum absolute atomic E-state index is 0.0769. The lowest BCUT2D eigenvalue weighted by Gasteiger charge is -2.14. The van der Waals surface area contributed by atoms with Crippen LogP contribution in [0, 0.1) is 0 Å². The summed E-state index contributed by atoms with van der Waals surface area (Å²) in [5.41, 5.74) is 1.74. The van der Waals surface area contributed by atoms with Crippen molar-refractivity contribution in [2.45, 2.75) is 4.90 Å². The van der Waals surface area contributed by atoms with Crippen LogP contribution in [0.3, 0.4) is 0 Å². The molecule has 0 aliphatic heterocycles. The van der Waals surface area contributed by atoms with E-state index in [2.05, 4.69) is 0 Å². The number of thioether (sulfide) groups is 1. The quantitative estimate of drug-likeness (QED) is 0.495. The van der Waals surface area contributed by atoms with Gasteiger partial charge in [0.15, 0.2) is 11.5 Å². The van der Waals surface area contributed by atoms with Gasteiger partial charge >= 0.3 is 0 Å². The smallest absolute Gasteiger partial charge is 0.286 e. The number of benzene rings is 2. The minimum atomic E-state index is -0.0769. The van der Waals surface area contributed by atoms with Gasteiger partial charge in [-0.1, -0.05) is 24.3 Å². The molecule has 0 radical (unpaired) electrons. The lowest BCUT2D eigenvalue weighted by Crippen LogP contribution is -2.16. The summed E-state index contributed by atoms with van der Waals surface area (Å²) in [5.74, 6) is 2.33. The van der Waals surface area contributed by atoms with Gasteiger partial charge in [0, 0.05) is 14.1 Å². The lowest BCUT2D eigenvalue weighted by atomic mass is 10.1. The number of hydrogen-bond acceptors (Lipinski definition) is 6. The number of amides is 1. The van der Waals surface area contributed by atoms with Crippen molar-refractivity contribution in [3.63, 3.8) is 0 Å². The molecule has 0 aliphatic carbocycles. The first kappa shape index (κ1) is 21.5. The van der Waals surface area contributed by atoms with Gasteiger partial charge in [-0.2, -0.15) is 0 Å². The Morgan fingerprint density at radius 1 is 0.893 bits per heavy atom. The number of ether oxygens (including phenoxy) is 4. The van der Waals surface area contributed by atoms with Gasteiger partial charge in [-0.25, -0.2) is 0 Å². The normalized spacial score (nSPS) is 10.6. The van der Waals surface area contributed by atoms with Crippen molar-refractivity contribution in [3.05, 3.63) is 41.5 Å². The second-order valence-corrected chi connectivity index (χ2v) is 6.89. The van der Waals surface area contributed by atoms with Crippen molar-refractivity contribution in [2.24, 2.45) is 0 Å². The van der Waals surface area contributed by atoms with E-state index in [1.807, 2.05) is 42.5 Å². The third kappa shape index (κ3) is 4.92. The van der Waals surface area contributed by atoms with Crippen molar-refractivity contribution < 1.29 is 23.7 Å². The summed E-state index contributed by atoms with van der Waals surface area (Å²) in [6.45, 7) is 0. The van der Waals surface area contributed by atoms with Crippen LogP contribution in [0.1, 0.15) is 11.1 Å². The summed E-state index contributed by atoms with van der Waals surface area (Å²) in [6, 6.07) is 9.37. The Kier molecular flexibility index (Phi) is 7.63. The lowest BCUT2D eigenvalue weighted by molar-refractivity contribution is 0.241. The highest BCUT2D eigenvalue weighted by atomic mass is 32.2. The fourth-order valence-electron chi connectivity index (χ4n) is 2.50. The zero-order chi connectivity index (χ0) is 20.7. The highest BCUT2D eigenvalue weighted by molar-refractivity contribution is 8.13. The van der Waals surface area contributed by atoms with Crippen LogP contribution in [0.5, 0.6) is 23.0 Å². The van der Waals surface area contributed by atoms with Crippen LogP contribution in [0.2, 0.25) is 0 Å². The Hall–Kier alpha value is -2.80. The maximum atomic E-state index is 12.2. The highest BCUT2D eigenvalue weighted by Gasteiger charge is 2.15. The van der Waals surface area contributed by atoms with E-state index in [0.29, 0.717) is 23.0 Å². The summed E-state index contributed by atoms with van der Waals surface area (Å²) in [5, 5.41) is -0.0769. The Bertz CT molecular complexity index is 839. The summed E-state index contributed by atoms with van der Waals surface area (Å²) < 4.78 is 21.6. The molecule has 0 unspecified atom stereocenters. The molecule has 0 N–H and O–H groups in total. The van der Waals surface area contributed by atoms with Crippen LogP contribution in [0.15, 0.2) is 35.2 Å². The van der Waals surface area contributed by atoms with Gasteiger partial charge in [0.1, 0.15) is 5.75 Å². The van der Waals surface area contributed by atoms with Gasteiger partial charge in [-0.15, -0.1) is 0 Å². The van der Waals surface area contributed by atoms with Crippen LogP contribution in [-0.4, -0.2) is 52.7 Å². The van der Waals surface area contributed by atoms with Gasteiger partial charge < -0.3 is 23.8 Å². The number of nitrogens with zero attached hydrogens (tertiary/aromatic N) is 1. The molecule has 2 aromatic carbocycles. The average molecular weight is 404 g/mol. The van der Waals surface area contributed by atoms with Crippen molar-refractivity contribution >= 4 is 29.2 Å². The van der Waals surface area contributed by atoms with E-state index in [1.54, 1.807) is 42.5 Å². The molecule has 6 nitrogen and oxygen atoms in total. The Labute approximate surface area is 170 Å². The molecule has 2 rings (SSSR count). The molecule has 150 valence electrons. The van der Waals surface area contributed by atoms with Crippen LogP contribution in [0.25, 0.3) is 12.2 Å². The number of rotatable bonds is 7. The minimum Gasteiger partial charge on any atom is -0.496 e. The van der Waals surface area contributed by atoms with Crippen LogP contribution >= 0.6 is 11.8 Å². The van der Waals surface area contributed by atoms with E-state index in [1.165, 1.54) is 4.90 Å². The first-order valence-electron chi connectivity index (χ1n) is 8.49. The first-order valence-corrected chi connectivity index (χ1v) is 9.31. The third-order valence-corrected chi connectivity index (χ3v) is 5.11. The maximum absolute atomic E-state index is 12.2. The summed E-state index contributed by atoms with van der Waals surface area (Å²) in [6.07, 6.45) is 3.85. The molecule has 1 amide bonds. The molecule has 0 heterocycles. The van der Waals surface area contributed by atoms with E-state index in [0.717, 1.165) is 27.8 Å². The van der Waals surface area contributed by atoms with E-state index in [9.17, 15) is 4.79 Å². The van der Waals surface area contributed by atoms with Gasteiger partial charge in [0.25, 0.3) is 5.24 Å². The van der Waals surface area contributed by atoms with E-state index in [-0.39, 0.29) is 5.24 Å². The second-order valence-electron chi connectivity index (χ2n) is 5.93. The number of carbonyl (C=O) groups is 1. The summed E-state index contributed by atoms with van der Waals surface area (Å²) in [7, 11) is 9.75. The third-order valence-electron chi connectivity index (χ3n) is 3.93. The SMILES string of the molecule is COc1cc(/C=C\c2cccc(OC)c2SC(=O)N(C)C)cc(OC)c1OC. The maximum Gasteiger partial charge on any atom is 0.286 e. The fraction of sp³-hybridized carbons (Fsp3) is 0.286. The molecule has 2 aromatic rings. The van der Waals surface area contributed by atoms with Gasteiger partial charge in [0.05, 0.1) is 33.3 Å². The average Bonchev–Trinajstić information content (AvgIpc) is 2.71. The highest BCUT2D eigenvalue weighted by Crippen LogP contribution is 2.39. The molecule has 0 aromatic heterocycles. The van der Waals surface area contributed by atoms with Gasteiger partial charge in [-0.05, 0) is 41.1 Å². The van der Waals surface area contributed by atoms with Crippen molar-refractivity contribution in [2.75, 3.05) is 42.5 Å². The number of methoxy groups -OCH3 is 4. The van der Waals surface area contributed by atoms with Crippen LogP contribution < -0.4 is 18.9 Å². The van der Waals surface area contributed by atoms with Crippen LogP contribution in [-0.2, 0) is 0 Å². The Morgan fingerprint density at radius 2 is 1.50 bits per heavy atom. The molecular weight excluding hydrogens is 378 g/mol. The zero-order valence-corrected chi connectivity index (χ0v) is 17.8. The predicted molar refractivity (Wildman–Crippen MR) is 113 cm³/mol. The van der Waals surface area contributed by atoms with Crippen molar-refractivity contribution in [1.82, 2.24) is 4.90 Å². The molecular formula is C21H25NO5S. The molecule has 0 saturated carbocycles. The van der Waals surface area contributed by atoms with Crippen molar-refractivity contribution in [1.29, 1.82) is 0 Å². The molecule has 0 atom stereocenters. The van der Waals surface area contributed by atoms with E-state index in [4.69, 9.17) is 18.9 Å². The Balaban J connectivity index is 2.45. The standard InChI is InChI=1S/C21H25NO5S/c1-22(2)21(23)28-20-15(8-7-9-16(20)24-3)11-10-14-12-17(25-4)19(27-6)18(13-14)26-5/h7-13H,1-6H3/b11-10-. The molecule has 0 bridgehead atoms. The summed E-state index contributed by atoms with van der Waals surface area (Å²) in [4.78, 5) is 14.5.